The maximum absolute atomic E-state index is 3.75. The molecule has 0 spiro atoms. The van der Waals surface area contributed by atoms with Gasteiger partial charge >= 0.3 is 0 Å². The van der Waals surface area contributed by atoms with Crippen molar-refractivity contribution < 1.29 is 0 Å². The Labute approximate surface area is 119 Å². The fraction of sp³-hybridized carbons (Fsp3) is 1.00. The first-order valence-corrected chi connectivity index (χ1v) is 8.66. The minimum atomic E-state index is 0.731. The molecule has 2 saturated carbocycles. The molecule has 0 aromatic carbocycles. The van der Waals surface area contributed by atoms with Gasteiger partial charge < -0.3 is 5.32 Å². The van der Waals surface area contributed by atoms with Crippen molar-refractivity contribution in [1.29, 1.82) is 0 Å². The lowest BCUT2D eigenvalue weighted by molar-refractivity contribution is 0.0719. The van der Waals surface area contributed by atoms with E-state index in [-0.39, 0.29) is 0 Å². The van der Waals surface area contributed by atoms with Gasteiger partial charge in [-0.15, -0.1) is 0 Å². The molecule has 3 aliphatic rings. The van der Waals surface area contributed by atoms with Crippen molar-refractivity contribution in [3.05, 3.63) is 0 Å². The third kappa shape index (κ3) is 3.33. The fourth-order valence-electron chi connectivity index (χ4n) is 4.04. The minimum absolute atomic E-state index is 0.731. The molecule has 1 N–H and O–H groups in total. The first-order valence-electron chi connectivity index (χ1n) is 8.66. The summed E-state index contributed by atoms with van der Waals surface area (Å²) in [7, 11) is 0. The van der Waals surface area contributed by atoms with Gasteiger partial charge in [0.1, 0.15) is 0 Å². The third-order valence-corrected chi connectivity index (χ3v) is 5.70. The molecule has 19 heavy (non-hydrogen) atoms. The molecule has 0 aromatic rings. The molecule has 0 amide bonds. The highest BCUT2D eigenvalue weighted by Crippen LogP contribution is 2.49. The van der Waals surface area contributed by atoms with Gasteiger partial charge in [-0.05, 0) is 55.8 Å². The molecular formula is C17H32N2. The van der Waals surface area contributed by atoms with Crippen LogP contribution in [0.25, 0.3) is 0 Å². The van der Waals surface area contributed by atoms with Crippen LogP contribution in [0.1, 0.15) is 52.9 Å². The van der Waals surface area contributed by atoms with Crippen molar-refractivity contribution in [3.8, 4) is 0 Å². The Hall–Kier alpha value is -0.0800. The van der Waals surface area contributed by atoms with E-state index in [1.54, 1.807) is 0 Å². The summed E-state index contributed by atoms with van der Waals surface area (Å²) in [6.45, 7) is 11.0. The number of rotatable bonds is 6. The van der Waals surface area contributed by atoms with Crippen molar-refractivity contribution in [2.45, 2.75) is 65.0 Å². The summed E-state index contributed by atoms with van der Waals surface area (Å²) < 4.78 is 0. The van der Waals surface area contributed by atoms with Crippen molar-refractivity contribution >= 4 is 0 Å². The highest BCUT2D eigenvalue weighted by molar-refractivity contribution is 4.96. The predicted molar refractivity (Wildman–Crippen MR) is 81.2 cm³/mol. The molecule has 1 saturated heterocycles. The van der Waals surface area contributed by atoms with E-state index in [1.807, 2.05) is 0 Å². The zero-order valence-electron chi connectivity index (χ0n) is 13.1. The van der Waals surface area contributed by atoms with Crippen LogP contribution >= 0.6 is 0 Å². The lowest BCUT2D eigenvalue weighted by Crippen LogP contribution is -2.59. The number of nitrogens with one attached hydrogen (secondary N) is 1. The average molecular weight is 264 g/mol. The van der Waals surface area contributed by atoms with Gasteiger partial charge in [-0.3, -0.25) is 4.90 Å². The molecule has 2 heteroatoms. The van der Waals surface area contributed by atoms with E-state index in [9.17, 15) is 0 Å². The second-order valence-electron chi connectivity index (χ2n) is 7.62. The average Bonchev–Trinajstić information content (AvgIpc) is 3.28. The van der Waals surface area contributed by atoms with Crippen LogP contribution in [0, 0.1) is 23.7 Å². The zero-order chi connectivity index (χ0) is 13.4. The lowest BCUT2D eigenvalue weighted by Gasteiger charge is -2.44. The molecule has 2 aliphatic carbocycles. The van der Waals surface area contributed by atoms with Gasteiger partial charge in [0.15, 0.2) is 0 Å². The molecule has 2 atom stereocenters. The summed E-state index contributed by atoms with van der Waals surface area (Å²) in [5.74, 6) is 4.01. The van der Waals surface area contributed by atoms with Crippen LogP contribution in [0.5, 0.6) is 0 Å². The van der Waals surface area contributed by atoms with Gasteiger partial charge in [0, 0.05) is 31.7 Å². The van der Waals surface area contributed by atoms with E-state index < -0.39 is 0 Å². The maximum Gasteiger partial charge on any atom is 0.0244 e. The minimum Gasteiger partial charge on any atom is -0.311 e. The van der Waals surface area contributed by atoms with E-state index >= 15 is 0 Å². The second-order valence-corrected chi connectivity index (χ2v) is 7.62. The summed E-state index contributed by atoms with van der Waals surface area (Å²) in [5, 5.41) is 3.75. The third-order valence-electron chi connectivity index (χ3n) is 5.70. The number of hydrogen-bond donors (Lipinski definition) is 1. The Balaban J connectivity index is 1.63. The molecule has 3 fully saturated rings. The van der Waals surface area contributed by atoms with Crippen LogP contribution in [0.15, 0.2) is 0 Å². The standard InChI is InChI=1S/C17H32N2/c1-4-15-10-19(17(9-18-15)12(2)3)11-16(13-5-6-13)14-7-8-14/h12-18H,4-11H2,1-3H3. The first-order chi connectivity index (χ1) is 9.19. The normalized spacial score (nSPS) is 33.3. The van der Waals surface area contributed by atoms with Crippen LogP contribution < -0.4 is 5.32 Å². The van der Waals surface area contributed by atoms with E-state index in [0.717, 1.165) is 35.8 Å². The van der Waals surface area contributed by atoms with Gasteiger partial charge in [0.2, 0.25) is 0 Å². The Morgan fingerprint density at radius 2 is 1.74 bits per heavy atom. The summed E-state index contributed by atoms with van der Waals surface area (Å²) in [6, 6.07) is 1.50. The Kier molecular flexibility index (Phi) is 4.19. The number of piperazine rings is 1. The zero-order valence-corrected chi connectivity index (χ0v) is 13.1. The van der Waals surface area contributed by atoms with Gasteiger partial charge in [0.05, 0.1) is 0 Å². The van der Waals surface area contributed by atoms with Gasteiger partial charge in [-0.2, -0.15) is 0 Å². The largest absolute Gasteiger partial charge is 0.311 e. The molecule has 110 valence electrons. The topological polar surface area (TPSA) is 15.3 Å². The summed E-state index contributed by atoms with van der Waals surface area (Å²) in [6.07, 6.45) is 7.38. The highest BCUT2D eigenvalue weighted by atomic mass is 15.2. The monoisotopic (exact) mass is 264 g/mol. The van der Waals surface area contributed by atoms with Crippen LogP contribution in [0.4, 0.5) is 0 Å². The van der Waals surface area contributed by atoms with Gasteiger partial charge in [-0.25, -0.2) is 0 Å². The van der Waals surface area contributed by atoms with Crippen LogP contribution in [0.2, 0.25) is 0 Å². The van der Waals surface area contributed by atoms with Crippen molar-refractivity contribution in [2.24, 2.45) is 23.7 Å². The Bertz CT molecular complexity index is 282. The van der Waals surface area contributed by atoms with E-state index in [2.05, 4.69) is 31.0 Å². The molecule has 1 heterocycles. The smallest absolute Gasteiger partial charge is 0.0244 e. The number of hydrogen-bond acceptors (Lipinski definition) is 2. The molecule has 0 bridgehead atoms. The molecule has 1 aliphatic heterocycles. The molecule has 0 aromatic heterocycles. The SMILES string of the molecule is CCC1CN(CC(C2CC2)C2CC2)C(C(C)C)CN1. The molecule has 2 nitrogen and oxygen atoms in total. The number of nitrogens with zero attached hydrogens (tertiary/aromatic N) is 1. The Morgan fingerprint density at radius 3 is 2.21 bits per heavy atom. The van der Waals surface area contributed by atoms with Gasteiger partial charge in [0.25, 0.3) is 0 Å². The second kappa shape index (κ2) is 5.73. The van der Waals surface area contributed by atoms with E-state index in [1.165, 1.54) is 51.7 Å². The van der Waals surface area contributed by atoms with Gasteiger partial charge in [-0.1, -0.05) is 20.8 Å². The molecule has 3 rings (SSSR count). The quantitative estimate of drug-likeness (QED) is 0.793. The fourth-order valence-corrected chi connectivity index (χ4v) is 4.04. The molecular weight excluding hydrogens is 232 g/mol. The summed E-state index contributed by atoms with van der Waals surface area (Å²) >= 11 is 0. The lowest BCUT2D eigenvalue weighted by atomic mass is 9.92. The van der Waals surface area contributed by atoms with E-state index in [4.69, 9.17) is 0 Å². The maximum atomic E-state index is 3.75. The highest BCUT2D eigenvalue weighted by Gasteiger charge is 2.43. The Morgan fingerprint density at radius 1 is 1.11 bits per heavy atom. The predicted octanol–water partition coefficient (Wildman–Crippen LogP) is 3.13. The van der Waals surface area contributed by atoms with Crippen LogP contribution in [-0.2, 0) is 0 Å². The van der Waals surface area contributed by atoms with Crippen molar-refractivity contribution in [2.75, 3.05) is 19.6 Å². The van der Waals surface area contributed by atoms with Crippen LogP contribution in [-0.4, -0.2) is 36.6 Å². The summed E-state index contributed by atoms with van der Waals surface area (Å²) in [5.41, 5.74) is 0. The van der Waals surface area contributed by atoms with Crippen molar-refractivity contribution in [3.63, 3.8) is 0 Å². The summed E-state index contributed by atoms with van der Waals surface area (Å²) in [4.78, 5) is 2.86. The van der Waals surface area contributed by atoms with Crippen LogP contribution in [0.3, 0.4) is 0 Å². The molecule has 0 radical (unpaired) electrons. The van der Waals surface area contributed by atoms with E-state index in [0.29, 0.717) is 0 Å². The first kappa shape index (κ1) is 13.9. The van der Waals surface area contributed by atoms with Crippen molar-refractivity contribution in [1.82, 2.24) is 10.2 Å². The molecule has 2 unspecified atom stereocenters.